The number of pyridine rings is 1. The van der Waals surface area contributed by atoms with Gasteiger partial charge in [-0.1, -0.05) is 6.92 Å². The average Bonchev–Trinajstić information content (AvgIpc) is 3.01. The van der Waals surface area contributed by atoms with Crippen molar-refractivity contribution < 1.29 is 9.90 Å². The first-order valence-corrected chi connectivity index (χ1v) is 7.80. The van der Waals surface area contributed by atoms with Crippen LogP contribution >= 0.6 is 0 Å². The Bertz CT molecular complexity index is 461. The van der Waals surface area contributed by atoms with Crippen LogP contribution in [-0.4, -0.2) is 53.7 Å². The molecule has 0 saturated carbocycles. The van der Waals surface area contributed by atoms with E-state index in [4.69, 9.17) is 5.11 Å². The van der Waals surface area contributed by atoms with Gasteiger partial charge in [0.1, 0.15) is 5.82 Å². The van der Waals surface area contributed by atoms with Gasteiger partial charge in [0.05, 0.1) is 5.56 Å². The quantitative estimate of drug-likeness (QED) is 0.868. The molecule has 1 N–H and O–H groups in total. The fraction of sp³-hybridized carbons (Fsp3) is 0.625. The number of likely N-dealkylation sites (tertiary alicyclic amines) is 1. The third kappa shape index (κ3) is 3.73. The van der Waals surface area contributed by atoms with E-state index in [2.05, 4.69) is 23.7 Å². The van der Waals surface area contributed by atoms with Crippen molar-refractivity contribution in [1.29, 1.82) is 0 Å². The summed E-state index contributed by atoms with van der Waals surface area (Å²) in [5.74, 6) is 1.16. The predicted molar refractivity (Wildman–Crippen MR) is 83.5 cm³/mol. The lowest BCUT2D eigenvalue weighted by atomic mass is 10.1. The lowest BCUT2D eigenvalue weighted by molar-refractivity contribution is 0.0781. The van der Waals surface area contributed by atoms with E-state index in [0.717, 1.165) is 38.3 Å². The summed E-state index contributed by atoms with van der Waals surface area (Å²) in [5, 5.41) is 9.16. The first-order valence-electron chi connectivity index (χ1n) is 7.80. The van der Waals surface area contributed by atoms with E-state index >= 15 is 0 Å². The van der Waals surface area contributed by atoms with Crippen LogP contribution in [-0.2, 0) is 0 Å². The molecule has 0 bridgehead atoms. The molecule has 5 heteroatoms. The second-order valence-corrected chi connectivity index (χ2v) is 5.57. The van der Waals surface area contributed by atoms with Crippen molar-refractivity contribution in [3.63, 3.8) is 0 Å². The largest absolute Gasteiger partial charge is 0.396 e. The predicted octanol–water partition coefficient (Wildman–Crippen LogP) is 1.77. The summed E-state index contributed by atoms with van der Waals surface area (Å²) < 4.78 is 0. The zero-order valence-electron chi connectivity index (χ0n) is 13.0. The Morgan fingerprint density at radius 1 is 1.48 bits per heavy atom. The van der Waals surface area contributed by atoms with Gasteiger partial charge in [-0.2, -0.15) is 0 Å². The molecule has 1 amide bonds. The molecule has 2 rings (SSSR count). The van der Waals surface area contributed by atoms with Gasteiger partial charge < -0.3 is 14.9 Å². The monoisotopic (exact) mass is 291 g/mol. The van der Waals surface area contributed by atoms with Gasteiger partial charge in [-0.15, -0.1) is 0 Å². The first-order chi connectivity index (χ1) is 10.2. The highest BCUT2D eigenvalue weighted by Crippen LogP contribution is 2.19. The summed E-state index contributed by atoms with van der Waals surface area (Å²) in [5.41, 5.74) is 0.630. The van der Waals surface area contributed by atoms with Crippen LogP contribution in [0.4, 0.5) is 5.82 Å². The molecule has 1 aliphatic rings. The van der Waals surface area contributed by atoms with E-state index in [0.29, 0.717) is 12.1 Å². The molecule has 116 valence electrons. The maximum absolute atomic E-state index is 12.4. The molecule has 1 atom stereocenters. The van der Waals surface area contributed by atoms with Crippen molar-refractivity contribution in [2.45, 2.75) is 26.7 Å². The van der Waals surface area contributed by atoms with Gasteiger partial charge in [0.25, 0.3) is 5.91 Å². The van der Waals surface area contributed by atoms with E-state index in [9.17, 15) is 4.79 Å². The Kier molecular flexibility index (Phi) is 5.56. The Morgan fingerprint density at radius 2 is 2.29 bits per heavy atom. The number of rotatable bonds is 6. The van der Waals surface area contributed by atoms with Gasteiger partial charge in [0.15, 0.2) is 0 Å². The Balaban J connectivity index is 2.03. The molecule has 21 heavy (non-hydrogen) atoms. The smallest absolute Gasteiger partial charge is 0.255 e. The van der Waals surface area contributed by atoms with Crippen LogP contribution in [0.5, 0.6) is 0 Å². The molecule has 1 aromatic heterocycles. The highest BCUT2D eigenvalue weighted by molar-refractivity contribution is 5.94. The Labute approximate surface area is 126 Å². The summed E-state index contributed by atoms with van der Waals surface area (Å²) in [6, 6.07) is 3.78. The van der Waals surface area contributed by atoms with Crippen LogP contribution in [0.3, 0.4) is 0 Å². The van der Waals surface area contributed by atoms with Gasteiger partial charge in [0, 0.05) is 44.9 Å². The number of amides is 1. The van der Waals surface area contributed by atoms with Crippen molar-refractivity contribution in [3.8, 4) is 0 Å². The highest BCUT2D eigenvalue weighted by atomic mass is 16.3. The van der Waals surface area contributed by atoms with Gasteiger partial charge in [-0.25, -0.2) is 4.98 Å². The van der Waals surface area contributed by atoms with Gasteiger partial charge in [-0.3, -0.25) is 4.79 Å². The normalized spacial score (nSPS) is 18.0. The number of anilines is 1. The van der Waals surface area contributed by atoms with Crippen molar-refractivity contribution >= 4 is 11.7 Å². The molecule has 1 aliphatic heterocycles. The van der Waals surface area contributed by atoms with Crippen LogP contribution in [0.15, 0.2) is 18.3 Å². The number of carbonyl (C=O) groups is 1. The third-order valence-electron chi connectivity index (χ3n) is 4.03. The molecule has 1 fully saturated rings. The summed E-state index contributed by atoms with van der Waals surface area (Å²) >= 11 is 0. The number of carbonyl (C=O) groups excluding carboxylic acids is 1. The van der Waals surface area contributed by atoms with Crippen LogP contribution in [0.2, 0.25) is 0 Å². The molecule has 5 nitrogen and oxygen atoms in total. The molecule has 0 aliphatic carbocycles. The zero-order chi connectivity index (χ0) is 15.2. The molecule has 0 spiro atoms. The Hall–Kier alpha value is -1.62. The lowest BCUT2D eigenvalue weighted by Crippen LogP contribution is -2.29. The summed E-state index contributed by atoms with van der Waals surface area (Å²) in [6.45, 7) is 7.67. The zero-order valence-corrected chi connectivity index (χ0v) is 13.0. The standard InChI is InChI=1S/C16H25N3O2/c1-3-8-18(4-2)15-6-5-14(10-17-15)16(21)19-9-7-13(11-19)12-20/h5-6,10,13,20H,3-4,7-9,11-12H2,1-2H3. The third-order valence-corrected chi connectivity index (χ3v) is 4.03. The molecular formula is C16H25N3O2. The van der Waals surface area contributed by atoms with Crippen molar-refractivity contribution in [1.82, 2.24) is 9.88 Å². The molecule has 1 aromatic rings. The number of hydrogen-bond acceptors (Lipinski definition) is 4. The lowest BCUT2D eigenvalue weighted by Gasteiger charge is -2.21. The summed E-state index contributed by atoms with van der Waals surface area (Å²) in [7, 11) is 0. The van der Waals surface area contributed by atoms with Gasteiger partial charge in [0.2, 0.25) is 0 Å². The first kappa shape index (κ1) is 15.8. The molecular weight excluding hydrogens is 266 g/mol. The minimum atomic E-state index is 0.0172. The van der Waals surface area contributed by atoms with Crippen LogP contribution in [0, 0.1) is 5.92 Å². The summed E-state index contributed by atoms with van der Waals surface area (Å²) in [4.78, 5) is 20.8. The number of aliphatic hydroxyl groups excluding tert-OH is 1. The minimum absolute atomic E-state index is 0.0172. The second kappa shape index (κ2) is 7.41. The molecule has 1 unspecified atom stereocenters. The van der Waals surface area contributed by atoms with Crippen LogP contribution in [0.1, 0.15) is 37.0 Å². The Morgan fingerprint density at radius 3 is 2.81 bits per heavy atom. The van der Waals surface area contributed by atoms with Crippen molar-refractivity contribution in [3.05, 3.63) is 23.9 Å². The van der Waals surface area contributed by atoms with E-state index in [1.54, 1.807) is 11.1 Å². The number of nitrogens with zero attached hydrogens (tertiary/aromatic N) is 3. The van der Waals surface area contributed by atoms with Crippen molar-refractivity contribution in [2.75, 3.05) is 37.7 Å². The number of hydrogen-bond donors (Lipinski definition) is 1. The van der Waals surface area contributed by atoms with Crippen LogP contribution < -0.4 is 4.90 Å². The van der Waals surface area contributed by atoms with E-state index in [1.165, 1.54) is 0 Å². The maximum atomic E-state index is 12.4. The fourth-order valence-corrected chi connectivity index (χ4v) is 2.75. The topological polar surface area (TPSA) is 56.7 Å². The van der Waals surface area contributed by atoms with Gasteiger partial charge in [-0.05, 0) is 31.9 Å². The van der Waals surface area contributed by atoms with E-state index in [1.807, 2.05) is 12.1 Å². The highest BCUT2D eigenvalue weighted by Gasteiger charge is 2.26. The average molecular weight is 291 g/mol. The van der Waals surface area contributed by atoms with Gasteiger partial charge >= 0.3 is 0 Å². The van der Waals surface area contributed by atoms with E-state index < -0.39 is 0 Å². The van der Waals surface area contributed by atoms with E-state index in [-0.39, 0.29) is 18.4 Å². The molecule has 0 radical (unpaired) electrons. The molecule has 1 saturated heterocycles. The van der Waals surface area contributed by atoms with Crippen LogP contribution in [0.25, 0.3) is 0 Å². The molecule has 2 heterocycles. The minimum Gasteiger partial charge on any atom is -0.396 e. The molecule has 0 aromatic carbocycles. The summed E-state index contributed by atoms with van der Waals surface area (Å²) in [6.07, 6.45) is 3.63. The van der Waals surface area contributed by atoms with Crippen molar-refractivity contribution in [2.24, 2.45) is 5.92 Å². The second-order valence-electron chi connectivity index (χ2n) is 5.57. The SMILES string of the molecule is CCCN(CC)c1ccc(C(=O)N2CCC(CO)C2)cn1. The number of aliphatic hydroxyl groups is 1. The maximum Gasteiger partial charge on any atom is 0.255 e. The number of aromatic nitrogens is 1. The fourth-order valence-electron chi connectivity index (χ4n) is 2.75.